The lowest BCUT2D eigenvalue weighted by atomic mass is 10.1. The first kappa shape index (κ1) is 15.5. The van der Waals surface area contributed by atoms with Crippen molar-refractivity contribution in [3.63, 3.8) is 0 Å². The summed E-state index contributed by atoms with van der Waals surface area (Å²) in [5, 5.41) is 5.92. The SMILES string of the molecule is COc1ccccc1[C@@H]1C[C@@H]1NC(=O)N[C@H](C)c1ccc(C)o1. The zero-order valence-corrected chi connectivity index (χ0v) is 13.6. The van der Waals surface area contributed by atoms with Gasteiger partial charge in [-0.05, 0) is 44.0 Å². The molecule has 122 valence electrons. The molecular formula is C18H22N2O3. The average Bonchev–Trinajstić information content (AvgIpc) is 3.15. The van der Waals surface area contributed by atoms with E-state index in [0.29, 0.717) is 5.92 Å². The van der Waals surface area contributed by atoms with Crippen LogP contribution >= 0.6 is 0 Å². The fourth-order valence-electron chi connectivity index (χ4n) is 2.83. The van der Waals surface area contributed by atoms with Crippen molar-refractivity contribution in [1.82, 2.24) is 10.6 Å². The number of aryl methyl sites for hydroxylation is 1. The topological polar surface area (TPSA) is 63.5 Å². The van der Waals surface area contributed by atoms with Crippen molar-refractivity contribution >= 4 is 6.03 Å². The minimum absolute atomic E-state index is 0.150. The summed E-state index contributed by atoms with van der Waals surface area (Å²) in [6.45, 7) is 3.79. The molecule has 1 fully saturated rings. The predicted octanol–water partition coefficient (Wildman–Crippen LogP) is 3.51. The Bertz CT molecular complexity index is 695. The summed E-state index contributed by atoms with van der Waals surface area (Å²) >= 11 is 0. The molecule has 0 spiro atoms. The van der Waals surface area contributed by atoms with Gasteiger partial charge >= 0.3 is 6.03 Å². The lowest BCUT2D eigenvalue weighted by molar-refractivity contribution is 0.235. The Morgan fingerprint density at radius 2 is 2.09 bits per heavy atom. The van der Waals surface area contributed by atoms with E-state index in [1.807, 2.05) is 44.2 Å². The van der Waals surface area contributed by atoms with E-state index in [4.69, 9.17) is 9.15 Å². The maximum Gasteiger partial charge on any atom is 0.315 e. The van der Waals surface area contributed by atoms with Crippen LogP contribution in [0.5, 0.6) is 5.75 Å². The maximum absolute atomic E-state index is 12.1. The van der Waals surface area contributed by atoms with Crippen LogP contribution in [0.3, 0.4) is 0 Å². The number of rotatable bonds is 5. The minimum atomic E-state index is -0.172. The monoisotopic (exact) mass is 314 g/mol. The van der Waals surface area contributed by atoms with E-state index in [0.717, 1.165) is 29.3 Å². The normalized spacial score (nSPS) is 20.7. The number of benzene rings is 1. The Labute approximate surface area is 136 Å². The van der Waals surface area contributed by atoms with Gasteiger partial charge in [0.2, 0.25) is 0 Å². The third-order valence-corrected chi connectivity index (χ3v) is 4.18. The summed E-state index contributed by atoms with van der Waals surface area (Å²) < 4.78 is 10.9. The second-order valence-corrected chi connectivity index (χ2v) is 5.98. The smallest absolute Gasteiger partial charge is 0.315 e. The summed E-state index contributed by atoms with van der Waals surface area (Å²) in [4.78, 5) is 12.1. The van der Waals surface area contributed by atoms with E-state index in [1.165, 1.54) is 0 Å². The zero-order chi connectivity index (χ0) is 16.4. The second-order valence-electron chi connectivity index (χ2n) is 5.98. The Morgan fingerprint density at radius 1 is 1.30 bits per heavy atom. The van der Waals surface area contributed by atoms with Crippen molar-refractivity contribution in [3.8, 4) is 5.75 Å². The molecule has 2 amide bonds. The number of amides is 2. The summed E-state index contributed by atoms with van der Waals surface area (Å²) in [7, 11) is 1.67. The summed E-state index contributed by atoms with van der Waals surface area (Å²) in [6, 6.07) is 11.5. The Balaban J connectivity index is 1.54. The van der Waals surface area contributed by atoms with Gasteiger partial charge in [-0.15, -0.1) is 0 Å². The third-order valence-electron chi connectivity index (χ3n) is 4.18. The fourth-order valence-corrected chi connectivity index (χ4v) is 2.83. The van der Waals surface area contributed by atoms with Crippen molar-refractivity contribution in [3.05, 3.63) is 53.5 Å². The molecule has 1 aromatic carbocycles. The van der Waals surface area contributed by atoms with Gasteiger partial charge in [0.15, 0.2) is 0 Å². The number of para-hydroxylation sites is 1. The van der Waals surface area contributed by atoms with E-state index in [-0.39, 0.29) is 18.1 Å². The highest BCUT2D eigenvalue weighted by atomic mass is 16.5. The van der Waals surface area contributed by atoms with Gasteiger partial charge in [-0.3, -0.25) is 0 Å². The van der Waals surface area contributed by atoms with Crippen molar-refractivity contribution < 1.29 is 13.9 Å². The number of urea groups is 1. The molecule has 0 saturated heterocycles. The molecule has 1 saturated carbocycles. The molecule has 1 aromatic heterocycles. The van der Waals surface area contributed by atoms with E-state index in [2.05, 4.69) is 16.7 Å². The highest BCUT2D eigenvalue weighted by molar-refractivity contribution is 5.75. The molecule has 1 aliphatic rings. The first-order valence-corrected chi connectivity index (χ1v) is 7.84. The van der Waals surface area contributed by atoms with Crippen LogP contribution in [0.4, 0.5) is 4.79 Å². The average molecular weight is 314 g/mol. The molecule has 0 aliphatic heterocycles. The third kappa shape index (κ3) is 3.50. The lowest BCUT2D eigenvalue weighted by Crippen LogP contribution is -2.38. The fraction of sp³-hybridized carbons (Fsp3) is 0.389. The van der Waals surface area contributed by atoms with Crippen LogP contribution in [0.1, 0.15) is 42.4 Å². The van der Waals surface area contributed by atoms with Gasteiger partial charge in [0.05, 0.1) is 13.2 Å². The number of nitrogens with one attached hydrogen (secondary N) is 2. The lowest BCUT2D eigenvalue weighted by Gasteiger charge is -2.13. The van der Waals surface area contributed by atoms with Crippen LogP contribution < -0.4 is 15.4 Å². The quantitative estimate of drug-likeness (QED) is 0.887. The predicted molar refractivity (Wildman–Crippen MR) is 87.7 cm³/mol. The highest BCUT2D eigenvalue weighted by Crippen LogP contribution is 2.44. The van der Waals surface area contributed by atoms with Gasteiger partial charge in [0, 0.05) is 12.0 Å². The van der Waals surface area contributed by atoms with Crippen LogP contribution in [0.15, 0.2) is 40.8 Å². The second kappa shape index (κ2) is 6.36. The van der Waals surface area contributed by atoms with Gasteiger partial charge in [-0.25, -0.2) is 4.79 Å². The molecule has 23 heavy (non-hydrogen) atoms. The molecular weight excluding hydrogens is 292 g/mol. The van der Waals surface area contributed by atoms with Gasteiger partial charge in [0.25, 0.3) is 0 Å². The van der Waals surface area contributed by atoms with Crippen LogP contribution in [0.2, 0.25) is 0 Å². The molecule has 3 rings (SSSR count). The van der Waals surface area contributed by atoms with Crippen molar-refractivity contribution in [2.24, 2.45) is 0 Å². The van der Waals surface area contributed by atoms with Crippen LogP contribution in [0.25, 0.3) is 0 Å². The van der Waals surface area contributed by atoms with Gasteiger partial charge in [-0.1, -0.05) is 18.2 Å². The molecule has 5 nitrogen and oxygen atoms in total. The highest BCUT2D eigenvalue weighted by Gasteiger charge is 2.41. The molecule has 5 heteroatoms. The Kier molecular flexibility index (Phi) is 4.28. The van der Waals surface area contributed by atoms with E-state index >= 15 is 0 Å². The molecule has 3 atom stereocenters. The Hall–Kier alpha value is -2.43. The van der Waals surface area contributed by atoms with Crippen LogP contribution in [-0.4, -0.2) is 19.2 Å². The maximum atomic E-state index is 12.1. The number of ether oxygens (including phenoxy) is 1. The zero-order valence-electron chi connectivity index (χ0n) is 13.6. The molecule has 0 radical (unpaired) electrons. The van der Waals surface area contributed by atoms with Gasteiger partial charge in [0.1, 0.15) is 17.3 Å². The minimum Gasteiger partial charge on any atom is -0.496 e. The number of hydrogen-bond acceptors (Lipinski definition) is 3. The van der Waals surface area contributed by atoms with Crippen molar-refractivity contribution in [2.75, 3.05) is 7.11 Å². The molecule has 2 aromatic rings. The number of methoxy groups -OCH3 is 1. The standard InChI is InChI=1S/C18H22N2O3/c1-11-8-9-16(23-11)12(2)19-18(21)20-15-10-14(15)13-6-4-5-7-17(13)22-3/h4-9,12,14-15H,10H2,1-3H3,(H2,19,20,21)/t12-,14+,15+/m1/s1. The Morgan fingerprint density at radius 3 is 2.78 bits per heavy atom. The van der Waals surface area contributed by atoms with Crippen molar-refractivity contribution in [2.45, 2.75) is 38.3 Å². The molecule has 1 aliphatic carbocycles. The van der Waals surface area contributed by atoms with E-state index in [9.17, 15) is 4.79 Å². The van der Waals surface area contributed by atoms with Gasteiger partial charge in [-0.2, -0.15) is 0 Å². The molecule has 2 N–H and O–H groups in total. The largest absolute Gasteiger partial charge is 0.496 e. The molecule has 0 bridgehead atoms. The number of carbonyl (C=O) groups is 1. The van der Waals surface area contributed by atoms with Gasteiger partial charge < -0.3 is 19.8 Å². The van der Waals surface area contributed by atoms with E-state index in [1.54, 1.807) is 7.11 Å². The van der Waals surface area contributed by atoms with Crippen molar-refractivity contribution in [1.29, 1.82) is 0 Å². The summed E-state index contributed by atoms with van der Waals surface area (Å²) in [5.41, 5.74) is 1.15. The number of furan rings is 1. The number of carbonyl (C=O) groups excluding carboxylic acids is 1. The summed E-state index contributed by atoms with van der Waals surface area (Å²) in [5.74, 6) is 2.79. The number of hydrogen-bond donors (Lipinski definition) is 2. The molecule has 1 heterocycles. The van der Waals surface area contributed by atoms with Crippen LogP contribution in [-0.2, 0) is 0 Å². The molecule has 0 unspecified atom stereocenters. The summed E-state index contributed by atoms with van der Waals surface area (Å²) in [6.07, 6.45) is 0.933. The first-order chi connectivity index (χ1) is 11.1. The van der Waals surface area contributed by atoms with E-state index < -0.39 is 0 Å². The van der Waals surface area contributed by atoms with Crippen LogP contribution in [0, 0.1) is 6.92 Å². The first-order valence-electron chi connectivity index (χ1n) is 7.84.